The van der Waals surface area contributed by atoms with Crippen LogP contribution in [-0.4, -0.2) is 55.4 Å². The second-order valence-corrected chi connectivity index (χ2v) is 6.46. The molecule has 1 aromatic carbocycles. The largest absolute Gasteiger partial charge is 0.469 e. The van der Waals surface area contributed by atoms with Crippen molar-refractivity contribution in [2.45, 2.75) is 19.4 Å². The lowest BCUT2D eigenvalue weighted by Gasteiger charge is -2.30. The minimum absolute atomic E-state index is 0.111. The molecule has 1 saturated heterocycles. The molecule has 0 aliphatic carbocycles. The topological polar surface area (TPSA) is 72.8 Å². The number of nitrogens with zero attached hydrogens (tertiary/aromatic N) is 2. The fourth-order valence-corrected chi connectivity index (χ4v) is 3.40. The summed E-state index contributed by atoms with van der Waals surface area (Å²) in [6.07, 6.45) is 3.22. The van der Waals surface area contributed by atoms with Crippen LogP contribution in [0.15, 0.2) is 30.5 Å². The van der Waals surface area contributed by atoms with Crippen LogP contribution < -0.4 is 5.32 Å². The summed E-state index contributed by atoms with van der Waals surface area (Å²) in [6.45, 7) is 2.42. The second kappa shape index (κ2) is 8.23. The summed E-state index contributed by atoms with van der Waals surface area (Å²) >= 11 is 0. The molecule has 2 aromatic rings. The van der Waals surface area contributed by atoms with Gasteiger partial charge in [0.1, 0.15) is 0 Å². The summed E-state index contributed by atoms with van der Waals surface area (Å²) < 4.78 is 12.0. The van der Waals surface area contributed by atoms with Crippen molar-refractivity contribution in [3.8, 4) is 0 Å². The number of urea groups is 1. The predicted molar refractivity (Wildman–Crippen MR) is 99.1 cm³/mol. The lowest BCUT2D eigenvalue weighted by atomic mass is 9.97. The van der Waals surface area contributed by atoms with E-state index >= 15 is 0 Å². The number of likely N-dealkylation sites (tertiary alicyclic amines) is 1. The van der Waals surface area contributed by atoms with Gasteiger partial charge in [-0.05, 0) is 18.9 Å². The standard InChI is InChI=1S/C19H25N3O4/c1-25-12-11-22-13-16(15-5-3-4-6-17(15)22)20-19(24)21-9-7-14(8-10-21)18(23)26-2/h3-6,13-14H,7-12H2,1-2H3,(H,20,24). The molecule has 0 saturated carbocycles. The number of benzene rings is 1. The van der Waals surface area contributed by atoms with Gasteiger partial charge < -0.3 is 24.3 Å². The molecule has 2 amide bonds. The maximum atomic E-state index is 12.6. The first kappa shape index (κ1) is 18.3. The zero-order valence-corrected chi connectivity index (χ0v) is 15.2. The van der Waals surface area contributed by atoms with Gasteiger partial charge in [0.25, 0.3) is 0 Å². The van der Waals surface area contributed by atoms with Gasteiger partial charge in [0.05, 0.1) is 30.8 Å². The van der Waals surface area contributed by atoms with Crippen molar-refractivity contribution < 1.29 is 19.1 Å². The Morgan fingerprint density at radius 1 is 1.19 bits per heavy atom. The van der Waals surface area contributed by atoms with Crippen LogP contribution in [-0.2, 0) is 20.8 Å². The van der Waals surface area contributed by atoms with Gasteiger partial charge in [-0.3, -0.25) is 4.79 Å². The minimum Gasteiger partial charge on any atom is -0.469 e. The van der Waals surface area contributed by atoms with E-state index in [1.165, 1.54) is 7.11 Å². The highest BCUT2D eigenvalue weighted by Gasteiger charge is 2.28. The minimum atomic E-state index is -0.189. The van der Waals surface area contributed by atoms with Crippen LogP contribution in [0.2, 0.25) is 0 Å². The van der Waals surface area contributed by atoms with Crippen LogP contribution in [0.4, 0.5) is 10.5 Å². The van der Waals surface area contributed by atoms with Crippen molar-refractivity contribution in [3.63, 3.8) is 0 Å². The molecule has 0 bridgehead atoms. The monoisotopic (exact) mass is 359 g/mol. The highest BCUT2D eigenvalue weighted by Crippen LogP contribution is 2.27. The number of aromatic nitrogens is 1. The van der Waals surface area contributed by atoms with Crippen LogP contribution in [0.1, 0.15) is 12.8 Å². The molecule has 1 aliphatic rings. The summed E-state index contributed by atoms with van der Waals surface area (Å²) in [5.74, 6) is -0.300. The third kappa shape index (κ3) is 3.83. The smallest absolute Gasteiger partial charge is 0.321 e. The molecule has 0 atom stereocenters. The highest BCUT2D eigenvalue weighted by molar-refractivity contribution is 6.01. The highest BCUT2D eigenvalue weighted by atomic mass is 16.5. The third-order valence-corrected chi connectivity index (χ3v) is 4.88. The maximum absolute atomic E-state index is 12.6. The van der Waals surface area contributed by atoms with Crippen LogP contribution in [0.25, 0.3) is 10.9 Å². The summed E-state index contributed by atoms with van der Waals surface area (Å²) in [5.41, 5.74) is 1.85. The third-order valence-electron chi connectivity index (χ3n) is 4.88. The number of piperidine rings is 1. The van der Waals surface area contributed by atoms with E-state index in [-0.39, 0.29) is 17.9 Å². The van der Waals surface area contributed by atoms with Crippen molar-refractivity contribution in [3.05, 3.63) is 30.5 Å². The van der Waals surface area contributed by atoms with Crippen molar-refractivity contribution >= 4 is 28.6 Å². The Bertz CT molecular complexity index is 778. The SMILES string of the molecule is COCCn1cc(NC(=O)N2CCC(C(=O)OC)CC2)c2ccccc21. The average molecular weight is 359 g/mol. The maximum Gasteiger partial charge on any atom is 0.321 e. The van der Waals surface area contributed by atoms with Gasteiger partial charge in [-0.25, -0.2) is 4.79 Å². The Balaban J connectivity index is 1.69. The molecule has 3 rings (SSSR count). The lowest BCUT2D eigenvalue weighted by molar-refractivity contribution is -0.146. The van der Waals surface area contributed by atoms with E-state index in [0.717, 1.165) is 23.1 Å². The lowest BCUT2D eigenvalue weighted by Crippen LogP contribution is -2.42. The molecule has 0 radical (unpaired) electrons. The molecule has 2 heterocycles. The number of hydrogen-bond acceptors (Lipinski definition) is 4. The summed E-state index contributed by atoms with van der Waals surface area (Å²) in [5, 5.41) is 4.02. The van der Waals surface area contributed by atoms with E-state index in [1.54, 1.807) is 12.0 Å². The average Bonchev–Trinajstić information content (AvgIpc) is 3.03. The molecule has 140 valence electrons. The van der Waals surface area contributed by atoms with E-state index in [4.69, 9.17) is 9.47 Å². The Labute approximate surface area is 152 Å². The molecule has 0 spiro atoms. The number of hydrogen-bond donors (Lipinski definition) is 1. The number of para-hydroxylation sites is 1. The molecule has 0 unspecified atom stereocenters. The van der Waals surface area contributed by atoms with Crippen LogP contribution in [0.3, 0.4) is 0 Å². The number of carbonyl (C=O) groups is 2. The fourth-order valence-electron chi connectivity index (χ4n) is 3.40. The molecule has 1 N–H and O–H groups in total. The molecule has 1 aliphatic heterocycles. The molecule has 7 heteroatoms. The zero-order valence-electron chi connectivity index (χ0n) is 15.2. The quantitative estimate of drug-likeness (QED) is 0.833. The molecule has 1 fully saturated rings. The van der Waals surface area contributed by atoms with Gasteiger partial charge in [0, 0.05) is 38.3 Å². The van der Waals surface area contributed by atoms with Gasteiger partial charge in [-0.2, -0.15) is 0 Å². The number of amides is 2. The first-order valence-electron chi connectivity index (χ1n) is 8.84. The number of anilines is 1. The Morgan fingerprint density at radius 2 is 1.92 bits per heavy atom. The number of esters is 1. The Morgan fingerprint density at radius 3 is 2.62 bits per heavy atom. The van der Waals surface area contributed by atoms with Crippen molar-refractivity contribution in [1.29, 1.82) is 0 Å². The molecule has 1 aromatic heterocycles. The van der Waals surface area contributed by atoms with E-state index < -0.39 is 0 Å². The first-order chi connectivity index (χ1) is 12.6. The van der Waals surface area contributed by atoms with Crippen molar-refractivity contribution in [2.75, 3.05) is 39.2 Å². The number of rotatable bonds is 5. The van der Waals surface area contributed by atoms with Crippen LogP contribution in [0, 0.1) is 5.92 Å². The molecule has 26 heavy (non-hydrogen) atoms. The number of ether oxygens (including phenoxy) is 2. The van der Waals surface area contributed by atoms with E-state index in [1.807, 2.05) is 30.5 Å². The molecular weight excluding hydrogens is 334 g/mol. The summed E-state index contributed by atoms with van der Waals surface area (Å²) in [6, 6.07) is 7.83. The van der Waals surface area contributed by atoms with Gasteiger partial charge in [-0.15, -0.1) is 0 Å². The predicted octanol–water partition coefficient (Wildman–Crippen LogP) is 2.70. The van der Waals surface area contributed by atoms with E-state index in [2.05, 4.69) is 9.88 Å². The molecular formula is C19H25N3O4. The van der Waals surface area contributed by atoms with Gasteiger partial charge in [0.15, 0.2) is 0 Å². The van der Waals surface area contributed by atoms with Crippen molar-refractivity contribution in [2.24, 2.45) is 5.92 Å². The normalized spacial score (nSPS) is 15.2. The fraction of sp³-hybridized carbons (Fsp3) is 0.474. The summed E-state index contributed by atoms with van der Waals surface area (Å²) in [4.78, 5) is 26.0. The van der Waals surface area contributed by atoms with Gasteiger partial charge >= 0.3 is 12.0 Å². The number of carbonyl (C=O) groups excluding carboxylic acids is 2. The zero-order chi connectivity index (χ0) is 18.5. The van der Waals surface area contributed by atoms with Gasteiger partial charge in [-0.1, -0.05) is 18.2 Å². The van der Waals surface area contributed by atoms with Gasteiger partial charge in [0.2, 0.25) is 0 Å². The van der Waals surface area contributed by atoms with Crippen molar-refractivity contribution in [1.82, 2.24) is 9.47 Å². The first-order valence-corrected chi connectivity index (χ1v) is 8.84. The molecule has 7 nitrogen and oxygen atoms in total. The Hall–Kier alpha value is -2.54. The summed E-state index contributed by atoms with van der Waals surface area (Å²) in [7, 11) is 3.08. The number of methoxy groups -OCH3 is 2. The number of fused-ring (bicyclic) bond motifs is 1. The number of nitrogens with one attached hydrogen (secondary N) is 1. The van der Waals surface area contributed by atoms with Crippen LogP contribution >= 0.6 is 0 Å². The Kier molecular flexibility index (Phi) is 5.78. The van der Waals surface area contributed by atoms with E-state index in [0.29, 0.717) is 32.5 Å². The second-order valence-electron chi connectivity index (χ2n) is 6.46. The van der Waals surface area contributed by atoms with E-state index in [9.17, 15) is 9.59 Å². The van der Waals surface area contributed by atoms with Crippen LogP contribution in [0.5, 0.6) is 0 Å².